The molecule has 25 heavy (non-hydrogen) atoms. The predicted octanol–water partition coefficient (Wildman–Crippen LogP) is 4.24. The summed E-state index contributed by atoms with van der Waals surface area (Å²) in [5.41, 5.74) is 0.704. The summed E-state index contributed by atoms with van der Waals surface area (Å²) in [7, 11) is -4.77. The standard InChI is InChI=1S/C15H12F4O4S2/c1-9-4-6-10(7-5-9)25(21,22)23-13(14(16)15(17,18)19)12(20)11-3-2-8-24-11/h2-8,12,20H,1H3/b14-13-. The molecule has 0 aliphatic carbocycles. The zero-order valence-corrected chi connectivity index (χ0v) is 14.3. The van der Waals surface area contributed by atoms with Gasteiger partial charge in [0.1, 0.15) is 11.0 Å². The largest absolute Gasteiger partial charge is 0.446 e. The SMILES string of the molecule is Cc1ccc(S(=O)(=O)O/C(=C(\F)C(F)(F)F)C(O)c2cccs2)cc1. The Hall–Kier alpha value is -1.91. The minimum Gasteiger partial charge on any atom is -0.379 e. The van der Waals surface area contributed by atoms with Gasteiger partial charge in [-0.1, -0.05) is 23.8 Å². The highest BCUT2D eigenvalue weighted by Crippen LogP contribution is 2.38. The normalized spacial score (nSPS) is 14.8. The van der Waals surface area contributed by atoms with E-state index in [4.69, 9.17) is 0 Å². The summed E-state index contributed by atoms with van der Waals surface area (Å²) in [6.07, 6.45) is -7.74. The third kappa shape index (κ3) is 4.59. The number of aliphatic hydroxyl groups excluding tert-OH is 1. The molecule has 0 saturated heterocycles. The van der Waals surface area contributed by atoms with Gasteiger partial charge < -0.3 is 9.29 Å². The van der Waals surface area contributed by atoms with Crippen LogP contribution in [-0.4, -0.2) is 19.7 Å². The first-order valence-corrected chi connectivity index (χ1v) is 9.00. The van der Waals surface area contributed by atoms with Gasteiger partial charge in [-0.2, -0.15) is 26.0 Å². The Labute approximate surface area is 145 Å². The summed E-state index contributed by atoms with van der Waals surface area (Å²) < 4.78 is 80.6. The number of thiophene rings is 1. The van der Waals surface area contributed by atoms with Gasteiger partial charge in [0.2, 0.25) is 5.83 Å². The van der Waals surface area contributed by atoms with E-state index in [2.05, 4.69) is 4.18 Å². The molecule has 0 fully saturated rings. The molecule has 1 aromatic heterocycles. The maximum Gasteiger partial charge on any atom is 0.446 e. The van der Waals surface area contributed by atoms with Crippen molar-refractivity contribution in [2.75, 3.05) is 0 Å². The van der Waals surface area contributed by atoms with Gasteiger partial charge in [0.15, 0.2) is 5.76 Å². The number of allylic oxidation sites excluding steroid dienone is 1. The van der Waals surface area contributed by atoms with E-state index in [-0.39, 0.29) is 4.88 Å². The first-order chi connectivity index (χ1) is 11.5. The molecular weight excluding hydrogens is 384 g/mol. The molecule has 2 rings (SSSR count). The smallest absolute Gasteiger partial charge is 0.379 e. The molecular formula is C15H12F4O4S2. The lowest BCUT2D eigenvalue weighted by Gasteiger charge is -2.17. The topological polar surface area (TPSA) is 63.6 Å². The van der Waals surface area contributed by atoms with E-state index in [9.17, 15) is 31.1 Å². The lowest BCUT2D eigenvalue weighted by Crippen LogP contribution is -2.19. The van der Waals surface area contributed by atoms with Crippen molar-refractivity contribution in [2.24, 2.45) is 0 Å². The molecule has 0 saturated carbocycles. The van der Waals surface area contributed by atoms with E-state index in [1.165, 1.54) is 29.6 Å². The van der Waals surface area contributed by atoms with Crippen molar-refractivity contribution in [3.8, 4) is 0 Å². The number of aliphatic hydroxyl groups is 1. The van der Waals surface area contributed by atoms with E-state index < -0.39 is 38.9 Å². The van der Waals surface area contributed by atoms with Crippen LogP contribution in [0.3, 0.4) is 0 Å². The number of alkyl halides is 3. The minimum absolute atomic E-state index is 0.103. The van der Waals surface area contributed by atoms with Crippen molar-refractivity contribution >= 4 is 21.5 Å². The third-order valence-corrected chi connectivity index (χ3v) is 5.21. The maximum atomic E-state index is 13.7. The van der Waals surface area contributed by atoms with Crippen LogP contribution in [0.2, 0.25) is 0 Å². The van der Waals surface area contributed by atoms with Crippen molar-refractivity contribution in [3.63, 3.8) is 0 Å². The number of benzene rings is 1. The van der Waals surface area contributed by atoms with Gasteiger partial charge in [-0.25, -0.2) is 0 Å². The molecule has 0 aliphatic rings. The summed E-state index contributed by atoms with van der Waals surface area (Å²) in [4.78, 5) is -0.572. The highest BCUT2D eigenvalue weighted by molar-refractivity contribution is 7.86. The van der Waals surface area contributed by atoms with Gasteiger partial charge in [-0.3, -0.25) is 0 Å². The molecule has 1 atom stereocenters. The second-order valence-corrected chi connectivity index (χ2v) is 7.47. The molecule has 1 heterocycles. The summed E-state index contributed by atoms with van der Waals surface area (Å²) in [6.45, 7) is 1.67. The Morgan fingerprint density at radius 1 is 1.20 bits per heavy atom. The van der Waals surface area contributed by atoms with Gasteiger partial charge >= 0.3 is 16.3 Å². The van der Waals surface area contributed by atoms with E-state index in [0.717, 1.165) is 23.5 Å². The summed E-state index contributed by atoms with van der Waals surface area (Å²) in [6, 6.07) is 7.63. The van der Waals surface area contributed by atoms with Crippen LogP contribution >= 0.6 is 11.3 Å². The van der Waals surface area contributed by atoms with Crippen LogP contribution in [0.25, 0.3) is 0 Å². The lowest BCUT2D eigenvalue weighted by molar-refractivity contribution is -0.113. The lowest BCUT2D eigenvalue weighted by atomic mass is 10.2. The van der Waals surface area contributed by atoms with Crippen molar-refractivity contribution in [1.82, 2.24) is 0 Å². The molecule has 2 aromatic rings. The van der Waals surface area contributed by atoms with Crippen LogP contribution in [0.15, 0.2) is 58.3 Å². The van der Waals surface area contributed by atoms with Crippen LogP contribution in [0.4, 0.5) is 17.6 Å². The van der Waals surface area contributed by atoms with Crippen molar-refractivity contribution in [2.45, 2.75) is 24.1 Å². The summed E-state index contributed by atoms with van der Waals surface area (Å²) in [5, 5.41) is 11.4. The Morgan fingerprint density at radius 3 is 2.28 bits per heavy atom. The number of aryl methyl sites for hydroxylation is 1. The molecule has 136 valence electrons. The Bertz CT molecular complexity index is 854. The first-order valence-electron chi connectivity index (χ1n) is 6.72. The van der Waals surface area contributed by atoms with Crippen LogP contribution in [-0.2, 0) is 14.3 Å². The molecule has 0 amide bonds. The fourth-order valence-electron chi connectivity index (χ4n) is 1.79. The average molecular weight is 396 g/mol. The number of hydrogen-bond acceptors (Lipinski definition) is 5. The third-order valence-electron chi connectivity index (χ3n) is 3.04. The monoisotopic (exact) mass is 396 g/mol. The fraction of sp³-hybridized carbons (Fsp3) is 0.200. The van der Waals surface area contributed by atoms with Crippen molar-refractivity contribution in [1.29, 1.82) is 0 Å². The summed E-state index contributed by atoms with van der Waals surface area (Å²) >= 11 is 0.818. The second kappa shape index (κ2) is 7.14. The zero-order valence-electron chi connectivity index (χ0n) is 12.6. The van der Waals surface area contributed by atoms with Gasteiger partial charge in [-0.15, -0.1) is 11.3 Å². The molecule has 0 bridgehead atoms. The molecule has 4 nitrogen and oxygen atoms in total. The number of halogens is 4. The Kier molecular flexibility index (Phi) is 5.55. The van der Waals surface area contributed by atoms with E-state index >= 15 is 0 Å². The van der Waals surface area contributed by atoms with Crippen LogP contribution in [0.1, 0.15) is 16.5 Å². The number of hydrogen-bond donors (Lipinski definition) is 1. The van der Waals surface area contributed by atoms with Crippen LogP contribution in [0.5, 0.6) is 0 Å². The second-order valence-electron chi connectivity index (χ2n) is 4.94. The van der Waals surface area contributed by atoms with Gasteiger partial charge in [0.25, 0.3) is 0 Å². The fourth-order valence-corrected chi connectivity index (χ4v) is 3.46. The van der Waals surface area contributed by atoms with Crippen LogP contribution in [0, 0.1) is 6.92 Å². The maximum absolute atomic E-state index is 13.7. The zero-order chi connectivity index (χ0) is 18.8. The Balaban J connectivity index is 2.48. The van der Waals surface area contributed by atoms with Gasteiger partial charge in [0.05, 0.1) is 0 Å². The van der Waals surface area contributed by atoms with Gasteiger partial charge in [0, 0.05) is 4.88 Å². The molecule has 1 N–H and O–H groups in total. The Morgan fingerprint density at radius 2 is 1.80 bits per heavy atom. The average Bonchev–Trinajstić information content (AvgIpc) is 3.05. The van der Waals surface area contributed by atoms with E-state index in [1.54, 1.807) is 6.92 Å². The highest BCUT2D eigenvalue weighted by atomic mass is 32.2. The van der Waals surface area contributed by atoms with E-state index in [1.807, 2.05) is 0 Å². The molecule has 1 unspecified atom stereocenters. The van der Waals surface area contributed by atoms with E-state index in [0.29, 0.717) is 5.56 Å². The van der Waals surface area contributed by atoms with Crippen molar-refractivity contribution in [3.05, 3.63) is 63.8 Å². The summed E-state index contributed by atoms with van der Waals surface area (Å²) in [5.74, 6) is -4.54. The molecule has 0 radical (unpaired) electrons. The van der Waals surface area contributed by atoms with Crippen LogP contribution < -0.4 is 0 Å². The molecule has 10 heteroatoms. The van der Waals surface area contributed by atoms with Gasteiger partial charge in [-0.05, 0) is 30.5 Å². The predicted molar refractivity (Wildman–Crippen MR) is 82.9 cm³/mol. The minimum atomic E-state index is -5.52. The molecule has 1 aromatic carbocycles. The molecule has 0 spiro atoms. The highest BCUT2D eigenvalue weighted by Gasteiger charge is 2.42. The molecule has 0 aliphatic heterocycles. The quantitative estimate of drug-likeness (QED) is 0.467. The van der Waals surface area contributed by atoms with Crippen molar-refractivity contribution < 1.29 is 35.3 Å². The number of rotatable bonds is 5. The first kappa shape index (κ1) is 19.4.